The van der Waals surface area contributed by atoms with Crippen molar-refractivity contribution in [2.45, 2.75) is 24.7 Å². The van der Waals surface area contributed by atoms with Crippen LogP contribution in [0.3, 0.4) is 0 Å². The van der Waals surface area contributed by atoms with Gasteiger partial charge in [0.15, 0.2) is 0 Å². The molecule has 0 atom stereocenters. The molecule has 0 radical (unpaired) electrons. The molecule has 1 aromatic carbocycles. The smallest absolute Gasteiger partial charge is 0.304 e. The fraction of sp³-hybridized carbons (Fsp3) is 0.357. The molecule has 1 aromatic heterocycles. The molecule has 0 saturated heterocycles. The van der Waals surface area contributed by atoms with Crippen LogP contribution in [0.25, 0.3) is 10.9 Å². The minimum Gasteiger partial charge on any atom is -0.481 e. The average Bonchev–Trinajstić information content (AvgIpc) is 2.96. The van der Waals surface area contributed by atoms with E-state index in [9.17, 15) is 4.79 Å². The molecule has 1 fully saturated rings. The number of rotatable bonds is 3. The SMILES string of the molecule is Cn1ccc2cc(C3(CC(=O)O)CC3)ccc21. The van der Waals surface area contributed by atoms with Crippen molar-refractivity contribution >= 4 is 16.9 Å². The summed E-state index contributed by atoms with van der Waals surface area (Å²) in [5.74, 6) is -0.698. The molecule has 1 saturated carbocycles. The van der Waals surface area contributed by atoms with Gasteiger partial charge in [0.05, 0.1) is 6.42 Å². The van der Waals surface area contributed by atoms with E-state index in [1.807, 2.05) is 13.2 Å². The molecule has 0 spiro atoms. The Hall–Kier alpha value is -1.77. The maximum atomic E-state index is 10.9. The van der Waals surface area contributed by atoms with Gasteiger partial charge in [0.25, 0.3) is 0 Å². The molecule has 3 heteroatoms. The fourth-order valence-electron chi connectivity index (χ4n) is 2.62. The summed E-state index contributed by atoms with van der Waals surface area (Å²) in [4.78, 5) is 10.9. The van der Waals surface area contributed by atoms with Crippen LogP contribution in [0.5, 0.6) is 0 Å². The Balaban J connectivity index is 2.03. The van der Waals surface area contributed by atoms with Crippen LogP contribution in [0.15, 0.2) is 30.5 Å². The van der Waals surface area contributed by atoms with Crippen molar-refractivity contribution < 1.29 is 9.90 Å². The van der Waals surface area contributed by atoms with Crippen molar-refractivity contribution in [3.63, 3.8) is 0 Å². The Morgan fingerprint density at radius 2 is 2.18 bits per heavy atom. The number of hydrogen-bond acceptors (Lipinski definition) is 1. The third-order valence-electron chi connectivity index (χ3n) is 3.84. The Morgan fingerprint density at radius 3 is 2.82 bits per heavy atom. The molecule has 1 N–H and O–H groups in total. The third-order valence-corrected chi connectivity index (χ3v) is 3.84. The molecule has 0 bridgehead atoms. The second kappa shape index (κ2) is 3.36. The third kappa shape index (κ3) is 1.62. The number of hydrogen-bond donors (Lipinski definition) is 1. The molecule has 0 amide bonds. The number of carbonyl (C=O) groups is 1. The van der Waals surface area contributed by atoms with Gasteiger partial charge in [-0.1, -0.05) is 6.07 Å². The van der Waals surface area contributed by atoms with E-state index in [0.29, 0.717) is 0 Å². The first-order valence-corrected chi connectivity index (χ1v) is 5.88. The van der Waals surface area contributed by atoms with Crippen LogP contribution >= 0.6 is 0 Å². The first-order valence-electron chi connectivity index (χ1n) is 5.88. The normalized spacial score (nSPS) is 17.2. The van der Waals surface area contributed by atoms with Crippen LogP contribution in [0.2, 0.25) is 0 Å². The molecule has 1 heterocycles. The second-order valence-corrected chi connectivity index (χ2v) is 5.05. The Labute approximate surface area is 99.7 Å². The molecule has 2 aromatic rings. The van der Waals surface area contributed by atoms with Gasteiger partial charge in [-0.05, 0) is 42.0 Å². The van der Waals surface area contributed by atoms with E-state index in [1.54, 1.807) is 0 Å². The predicted molar refractivity (Wildman–Crippen MR) is 66.1 cm³/mol. The number of aryl methyl sites for hydroxylation is 1. The molecule has 17 heavy (non-hydrogen) atoms. The molecule has 1 aliphatic carbocycles. The van der Waals surface area contributed by atoms with E-state index >= 15 is 0 Å². The lowest BCUT2D eigenvalue weighted by atomic mass is 9.92. The first-order chi connectivity index (χ1) is 8.11. The van der Waals surface area contributed by atoms with Crippen LogP contribution in [-0.4, -0.2) is 15.6 Å². The summed E-state index contributed by atoms with van der Waals surface area (Å²) in [6.45, 7) is 0. The van der Waals surface area contributed by atoms with E-state index in [1.165, 1.54) is 16.5 Å². The second-order valence-electron chi connectivity index (χ2n) is 5.05. The lowest BCUT2D eigenvalue weighted by molar-refractivity contribution is -0.137. The Bertz CT molecular complexity index is 593. The zero-order chi connectivity index (χ0) is 12.0. The first kappa shape index (κ1) is 10.4. The summed E-state index contributed by atoms with van der Waals surface area (Å²) in [6, 6.07) is 8.39. The topological polar surface area (TPSA) is 42.2 Å². The quantitative estimate of drug-likeness (QED) is 0.879. The van der Waals surface area contributed by atoms with Crippen molar-refractivity contribution in [3.8, 4) is 0 Å². The molecule has 1 aliphatic rings. The van der Waals surface area contributed by atoms with Crippen LogP contribution in [0, 0.1) is 0 Å². The summed E-state index contributed by atoms with van der Waals surface area (Å²) < 4.78 is 2.08. The zero-order valence-corrected chi connectivity index (χ0v) is 9.81. The summed E-state index contributed by atoms with van der Waals surface area (Å²) in [5, 5.41) is 10.2. The fourth-order valence-corrected chi connectivity index (χ4v) is 2.62. The summed E-state index contributed by atoms with van der Waals surface area (Å²) in [7, 11) is 2.02. The van der Waals surface area contributed by atoms with E-state index in [2.05, 4.69) is 28.8 Å². The largest absolute Gasteiger partial charge is 0.481 e. The molecular formula is C14H15NO2. The zero-order valence-electron chi connectivity index (χ0n) is 9.81. The highest BCUT2D eigenvalue weighted by molar-refractivity contribution is 5.81. The molecular weight excluding hydrogens is 214 g/mol. The molecule has 0 aliphatic heterocycles. The highest BCUT2D eigenvalue weighted by Crippen LogP contribution is 2.51. The minimum absolute atomic E-state index is 0.0874. The van der Waals surface area contributed by atoms with Gasteiger partial charge >= 0.3 is 5.97 Å². The van der Waals surface area contributed by atoms with Crippen LogP contribution in [0.4, 0.5) is 0 Å². The number of aromatic nitrogens is 1. The van der Waals surface area contributed by atoms with E-state index in [0.717, 1.165) is 12.8 Å². The van der Waals surface area contributed by atoms with E-state index in [4.69, 9.17) is 5.11 Å². The number of fused-ring (bicyclic) bond motifs is 1. The Kier molecular flexibility index (Phi) is 2.05. The number of nitrogens with zero attached hydrogens (tertiary/aromatic N) is 1. The minimum atomic E-state index is -0.698. The maximum Gasteiger partial charge on any atom is 0.304 e. The molecule has 0 unspecified atom stereocenters. The number of carboxylic acid groups (broad SMARTS) is 1. The predicted octanol–water partition coefficient (Wildman–Crippen LogP) is 2.68. The lowest BCUT2D eigenvalue weighted by Gasteiger charge is -2.13. The van der Waals surface area contributed by atoms with E-state index in [-0.39, 0.29) is 11.8 Å². The van der Waals surface area contributed by atoms with Crippen LogP contribution in [-0.2, 0) is 17.3 Å². The van der Waals surface area contributed by atoms with Crippen LogP contribution < -0.4 is 0 Å². The Morgan fingerprint density at radius 1 is 1.41 bits per heavy atom. The van der Waals surface area contributed by atoms with Gasteiger partial charge in [-0.3, -0.25) is 4.79 Å². The van der Waals surface area contributed by atoms with Gasteiger partial charge in [-0.2, -0.15) is 0 Å². The highest BCUT2D eigenvalue weighted by Gasteiger charge is 2.45. The molecule has 88 valence electrons. The van der Waals surface area contributed by atoms with Gasteiger partial charge in [-0.25, -0.2) is 0 Å². The monoisotopic (exact) mass is 229 g/mol. The number of benzene rings is 1. The van der Waals surface area contributed by atoms with Crippen LogP contribution in [0.1, 0.15) is 24.8 Å². The van der Waals surface area contributed by atoms with Gasteiger partial charge in [0, 0.05) is 24.2 Å². The highest BCUT2D eigenvalue weighted by atomic mass is 16.4. The van der Waals surface area contributed by atoms with Gasteiger partial charge < -0.3 is 9.67 Å². The summed E-state index contributed by atoms with van der Waals surface area (Å²) in [5.41, 5.74) is 2.29. The maximum absolute atomic E-state index is 10.9. The van der Waals surface area contributed by atoms with E-state index < -0.39 is 5.97 Å². The average molecular weight is 229 g/mol. The van der Waals surface area contributed by atoms with Crippen molar-refractivity contribution in [1.82, 2.24) is 4.57 Å². The number of aliphatic carboxylic acids is 1. The molecule has 3 nitrogen and oxygen atoms in total. The molecule has 3 rings (SSSR count). The van der Waals surface area contributed by atoms with Gasteiger partial charge in [0.2, 0.25) is 0 Å². The summed E-state index contributed by atoms with van der Waals surface area (Å²) >= 11 is 0. The van der Waals surface area contributed by atoms with Crippen molar-refractivity contribution in [3.05, 3.63) is 36.0 Å². The lowest BCUT2D eigenvalue weighted by Crippen LogP contribution is -2.12. The van der Waals surface area contributed by atoms with Crippen molar-refractivity contribution in [1.29, 1.82) is 0 Å². The van der Waals surface area contributed by atoms with Crippen molar-refractivity contribution in [2.75, 3.05) is 0 Å². The standard InChI is InChI=1S/C14H15NO2/c1-15-7-4-10-8-11(2-3-12(10)15)14(5-6-14)9-13(16)17/h2-4,7-8H,5-6,9H2,1H3,(H,16,17). The number of carboxylic acids is 1. The van der Waals surface area contributed by atoms with Gasteiger partial charge in [-0.15, -0.1) is 0 Å². The van der Waals surface area contributed by atoms with Crippen molar-refractivity contribution in [2.24, 2.45) is 7.05 Å². The summed E-state index contributed by atoms with van der Waals surface area (Å²) in [6.07, 6.45) is 4.28. The van der Waals surface area contributed by atoms with Gasteiger partial charge in [0.1, 0.15) is 0 Å².